The molecule has 1 aliphatic carbocycles. The van der Waals surface area contributed by atoms with Crippen molar-refractivity contribution in [3.8, 4) is 0 Å². The molecule has 0 unspecified atom stereocenters. The van der Waals surface area contributed by atoms with E-state index in [0.717, 1.165) is 61.0 Å². The molecule has 1 saturated heterocycles. The Morgan fingerprint density at radius 3 is 2.57 bits per heavy atom. The van der Waals surface area contributed by atoms with Crippen LogP contribution in [0.3, 0.4) is 0 Å². The third-order valence-electron chi connectivity index (χ3n) is 5.63. The maximum absolute atomic E-state index is 12.7. The molecule has 4 rings (SSSR count). The Morgan fingerprint density at radius 1 is 1.17 bits per heavy atom. The molecule has 0 bridgehead atoms. The third kappa shape index (κ3) is 4.58. The summed E-state index contributed by atoms with van der Waals surface area (Å²) in [6.45, 7) is 5.64. The molecular formula is C22H26ClN3O2S2. The van der Waals surface area contributed by atoms with E-state index in [1.807, 2.05) is 19.1 Å². The Balaban J connectivity index is 1.43. The molecular weight excluding hydrogens is 438 g/mol. The fraction of sp³-hybridized carbons (Fsp3) is 0.455. The zero-order valence-electron chi connectivity index (χ0n) is 17.1. The normalized spacial score (nSPS) is 16.2. The van der Waals surface area contributed by atoms with Crippen LogP contribution < -0.4 is 10.2 Å². The van der Waals surface area contributed by atoms with Crippen molar-refractivity contribution in [1.29, 1.82) is 0 Å². The fourth-order valence-corrected chi connectivity index (χ4v) is 5.82. The topological polar surface area (TPSA) is 44.8 Å². The lowest BCUT2D eigenvalue weighted by molar-refractivity contribution is 0.0526. The Morgan fingerprint density at radius 2 is 1.87 bits per heavy atom. The van der Waals surface area contributed by atoms with Gasteiger partial charge in [0.1, 0.15) is 5.00 Å². The van der Waals surface area contributed by atoms with Gasteiger partial charge in [0.2, 0.25) is 0 Å². The number of anilines is 2. The molecule has 2 heterocycles. The molecule has 1 aromatic carbocycles. The van der Waals surface area contributed by atoms with E-state index in [0.29, 0.717) is 17.3 Å². The number of esters is 1. The summed E-state index contributed by atoms with van der Waals surface area (Å²) in [6.07, 6.45) is 4.26. The van der Waals surface area contributed by atoms with Gasteiger partial charge >= 0.3 is 5.97 Å². The van der Waals surface area contributed by atoms with Gasteiger partial charge in [-0.15, -0.1) is 11.3 Å². The van der Waals surface area contributed by atoms with Gasteiger partial charge in [-0.3, -0.25) is 0 Å². The monoisotopic (exact) mass is 463 g/mol. The Kier molecular flexibility index (Phi) is 6.80. The number of piperazine rings is 1. The van der Waals surface area contributed by atoms with E-state index in [1.54, 1.807) is 11.3 Å². The summed E-state index contributed by atoms with van der Waals surface area (Å²) in [6, 6.07) is 7.95. The largest absolute Gasteiger partial charge is 0.462 e. The van der Waals surface area contributed by atoms with E-state index in [1.165, 1.54) is 17.0 Å². The smallest absolute Gasteiger partial charge is 0.341 e. The van der Waals surface area contributed by atoms with Crippen LogP contribution in [0.15, 0.2) is 24.3 Å². The number of thiophene rings is 1. The Hall–Kier alpha value is -1.83. The van der Waals surface area contributed by atoms with E-state index in [9.17, 15) is 4.79 Å². The van der Waals surface area contributed by atoms with Crippen molar-refractivity contribution in [2.75, 3.05) is 43.0 Å². The first-order valence-corrected chi connectivity index (χ1v) is 12.0. The van der Waals surface area contributed by atoms with Crippen LogP contribution in [0.2, 0.25) is 5.02 Å². The maximum atomic E-state index is 12.7. The number of nitrogens with one attached hydrogen (secondary N) is 1. The highest BCUT2D eigenvalue weighted by Gasteiger charge is 2.28. The summed E-state index contributed by atoms with van der Waals surface area (Å²) in [7, 11) is 0. The number of rotatable bonds is 4. The molecule has 2 aliphatic rings. The van der Waals surface area contributed by atoms with Gasteiger partial charge in [-0.2, -0.15) is 0 Å². The van der Waals surface area contributed by atoms with Crippen LogP contribution in [-0.2, 0) is 17.6 Å². The van der Waals surface area contributed by atoms with Crippen LogP contribution in [0.25, 0.3) is 0 Å². The van der Waals surface area contributed by atoms with E-state index in [2.05, 4.69) is 27.2 Å². The SMILES string of the molecule is CCOC(=O)c1c(NC(=S)N2CCN(c3ccc(Cl)cc3)CC2)sc2c1CCCC2. The minimum atomic E-state index is -0.241. The first-order valence-electron chi connectivity index (χ1n) is 10.4. The number of thiocarbonyl (C=S) groups is 1. The number of carbonyl (C=O) groups excluding carboxylic acids is 1. The van der Waals surface area contributed by atoms with Gasteiger partial charge < -0.3 is 19.9 Å². The van der Waals surface area contributed by atoms with E-state index < -0.39 is 0 Å². The lowest BCUT2D eigenvalue weighted by Crippen LogP contribution is -2.50. The van der Waals surface area contributed by atoms with Gasteiger partial charge in [-0.25, -0.2) is 4.79 Å². The summed E-state index contributed by atoms with van der Waals surface area (Å²) in [4.78, 5) is 18.5. The number of carbonyl (C=O) groups is 1. The summed E-state index contributed by atoms with van der Waals surface area (Å²) in [5.74, 6) is -0.241. The summed E-state index contributed by atoms with van der Waals surface area (Å²) < 4.78 is 5.35. The second-order valence-electron chi connectivity index (χ2n) is 7.52. The molecule has 0 amide bonds. The van der Waals surface area contributed by atoms with Crippen molar-refractivity contribution in [2.45, 2.75) is 32.6 Å². The van der Waals surface area contributed by atoms with Crippen LogP contribution in [0.1, 0.15) is 40.6 Å². The maximum Gasteiger partial charge on any atom is 0.341 e. The second kappa shape index (κ2) is 9.54. The van der Waals surface area contributed by atoms with E-state index >= 15 is 0 Å². The van der Waals surface area contributed by atoms with Crippen LogP contribution in [0.5, 0.6) is 0 Å². The number of aryl methyl sites for hydroxylation is 1. The van der Waals surface area contributed by atoms with Crippen molar-refractivity contribution in [1.82, 2.24) is 4.90 Å². The van der Waals surface area contributed by atoms with Gasteiger partial charge in [-0.1, -0.05) is 11.6 Å². The number of halogens is 1. The molecule has 0 radical (unpaired) electrons. The van der Waals surface area contributed by atoms with Crippen molar-refractivity contribution < 1.29 is 9.53 Å². The predicted octanol–water partition coefficient (Wildman–Crippen LogP) is 4.98. The Bertz CT molecular complexity index is 921. The van der Waals surface area contributed by atoms with Crippen LogP contribution in [0.4, 0.5) is 10.7 Å². The zero-order chi connectivity index (χ0) is 21.1. The number of hydrogen-bond donors (Lipinski definition) is 1. The molecule has 8 heteroatoms. The quantitative estimate of drug-likeness (QED) is 0.509. The van der Waals surface area contributed by atoms with E-state index in [-0.39, 0.29) is 5.97 Å². The first kappa shape index (κ1) is 21.4. The van der Waals surface area contributed by atoms with Crippen molar-refractivity contribution >= 4 is 56.9 Å². The van der Waals surface area contributed by atoms with Gasteiger partial charge in [0.05, 0.1) is 12.2 Å². The van der Waals surface area contributed by atoms with E-state index in [4.69, 9.17) is 28.6 Å². The molecule has 1 aromatic heterocycles. The summed E-state index contributed by atoms with van der Waals surface area (Å²) in [5, 5.41) is 5.64. The first-order chi connectivity index (χ1) is 14.6. The molecule has 30 heavy (non-hydrogen) atoms. The number of ether oxygens (including phenoxy) is 1. The minimum absolute atomic E-state index is 0.241. The molecule has 5 nitrogen and oxygen atoms in total. The molecule has 1 aliphatic heterocycles. The standard InChI is InChI=1S/C22H26ClN3O2S2/c1-2-28-21(27)19-17-5-3-4-6-18(17)30-20(19)24-22(29)26-13-11-25(12-14-26)16-9-7-15(23)8-10-16/h7-10H,2-6,11-14H2,1H3,(H,24,29). The third-order valence-corrected chi connectivity index (χ3v) is 7.45. The highest BCUT2D eigenvalue weighted by Crippen LogP contribution is 2.38. The lowest BCUT2D eigenvalue weighted by atomic mass is 9.95. The minimum Gasteiger partial charge on any atom is -0.462 e. The number of benzene rings is 1. The fourth-order valence-electron chi connectivity index (χ4n) is 4.07. The van der Waals surface area contributed by atoms with Gasteiger partial charge in [-0.05, 0) is 74.7 Å². The Labute approximate surface area is 192 Å². The molecule has 160 valence electrons. The van der Waals surface area contributed by atoms with Crippen LogP contribution in [0, 0.1) is 0 Å². The highest BCUT2D eigenvalue weighted by molar-refractivity contribution is 7.80. The summed E-state index contributed by atoms with van der Waals surface area (Å²) >= 11 is 13.4. The van der Waals surface area contributed by atoms with Crippen molar-refractivity contribution in [2.24, 2.45) is 0 Å². The molecule has 0 atom stereocenters. The number of fused-ring (bicyclic) bond motifs is 1. The molecule has 2 aromatic rings. The molecule has 1 N–H and O–H groups in total. The number of hydrogen-bond acceptors (Lipinski definition) is 5. The summed E-state index contributed by atoms with van der Waals surface area (Å²) in [5.41, 5.74) is 3.02. The van der Waals surface area contributed by atoms with Crippen molar-refractivity contribution in [3.05, 3.63) is 45.3 Å². The second-order valence-corrected chi connectivity index (χ2v) is 9.44. The average Bonchev–Trinajstić information content (AvgIpc) is 3.12. The average molecular weight is 464 g/mol. The molecule has 0 saturated carbocycles. The molecule has 0 spiro atoms. The highest BCUT2D eigenvalue weighted by atomic mass is 35.5. The van der Waals surface area contributed by atoms with Gasteiger partial charge in [0.15, 0.2) is 5.11 Å². The van der Waals surface area contributed by atoms with Crippen LogP contribution >= 0.6 is 35.2 Å². The number of nitrogens with zero attached hydrogens (tertiary/aromatic N) is 2. The van der Waals surface area contributed by atoms with Gasteiger partial charge in [0, 0.05) is 41.8 Å². The van der Waals surface area contributed by atoms with Crippen molar-refractivity contribution in [3.63, 3.8) is 0 Å². The lowest BCUT2D eigenvalue weighted by Gasteiger charge is -2.37. The predicted molar refractivity (Wildman–Crippen MR) is 128 cm³/mol. The van der Waals surface area contributed by atoms with Gasteiger partial charge in [0.25, 0.3) is 0 Å². The zero-order valence-corrected chi connectivity index (χ0v) is 19.5. The molecule has 1 fully saturated rings. The van der Waals surface area contributed by atoms with Crippen LogP contribution in [-0.4, -0.2) is 48.8 Å².